The van der Waals surface area contributed by atoms with Crippen molar-refractivity contribution in [3.8, 4) is 11.5 Å². The number of amides is 2. The highest BCUT2D eigenvalue weighted by Gasteiger charge is 2.47. The van der Waals surface area contributed by atoms with Gasteiger partial charge in [-0.1, -0.05) is 18.2 Å². The van der Waals surface area contributed by atoms with Gasteiger partial charge < -0.3 is 24.4 Å². The minimum absolute atomic E-state index is 0.206. The topological polar surface area (TPSA) is 77.1 Å². The second-order valence-electron chi connectivity index (χ2n) is 6.95. The van der Waals surface area contributed by atoms with E-state index in [0.717, 1.165) is 5.56 Å². The first-order valence-corrected chi connectivity index (χ1v) is 9.16. The lowest BCUT2D eigenvalue weighted by Crippen LogP contribution is -2.46. The molecule has 0 saturated carbocycles. The standard InChI is InChI=1S/C21H22N2O5/c1-26-15-11-14(12-16(13-15)27-2)22-20(25)23-9-7-21(8-10-23)18-6-4-3-5-17(18)19(24)28-21/h3-6,11-13H,7-10H2,1-2H3,(H,22,25). The van der Waals surface area contributed by atoms with E-state index in [-0.39, 0.29) is 12.0 Å². The van der Waals surface area contributed by atoms with Gasteiger partial charge in [0.1, 0.15) is 17.1 Å². The Morgan fingerprint density at radius 1 is 1.07 bits per heavy atom. The number of hydrogen-bond donors (Lipinski definition) is 1. The molecule has 2 aromatic carbocycles. The fourth-order valence-electron chi connectivity index (χ4n) is 3.87. The predicted molar refractivity (Wildman–Crippen MR) is 103 cm³/mol. The van der Waals surface area contributed by atoms with E-state index in [1.807, 2.05) is 18.2 Å². The minimum atomic E-state index is -0.621. The van der Waals surface area contributed by atoms with Gasteiger partial charge in [0.05, 0.1) is 19.8 Å². The summed E-state index contributed by atoms with van der Waals surface area (Å²) in [6.45, 7) is 0.989. The fraction of sp³-hybridized carbons (Fsp3) is 0.333. The summed E-state index contributed by atoms with van der Waals surface area (Å²) in [5, 5.41) is 2.89. The van der Waals surface area contributed by atoms with E-state index < -0.39 is 5.60 Å². The number of benzene rings is 2. The van der Waals surface area contributed by atoms with Gasteiger partial charge >= 0.3 is 12.0 Å². The molecule has 0 atom stereocenters. The first-order valence-electron chi connectivity index (χ1n) is 9.16. The molecule has 1 N–H and O–H groups in total. The molecule has 0 bridgehead atoms. The number of piperidine rings is 1. The third-order valence-electron chi connectivity index (χ3n) is 5.39. The zero-order chi connectivity index (χ0) is 19.7. The van der Waals surface area contributed by atoms with Crippen molar-refractivity contribution in [2.75, 3.05) is 32.6 Å². The number of carbonyl (C=O) groups excluding carboxylic acids is 2. The Labute approximate surface area is 163 Å². The number of urea groups is 1. The molecule has 0 aliphatic carbocycles. The monoisotopic (exact) mass is 382 g/mol. The molecule has 2 heterocycles. The average Bonchev–Trinajstić information content (AvgIpc) is 3.00. The molecule has 7 nitrogen and oxygen atoms in total. The summed E-state index contributed by atoms with van der Waals surface area (Å²) < 4.78 is 16.2. The summed E-state index contributed by atoms with van der Waals surface area (Å²) in [6, 6.07) is 12.5. The van der Waals surface area contributed by atoms with Gasteiger partial charge in [0, 0.05) is 55.4 Å². The van der Waals surface area contributed by atoms with Crippen LogP contribution in [0.4, 0.5) is 10.5 Å². The van der Waals surface area contributed by atoms with Crippen LogP contribution in [0.15, 0.2) is 42.5 Å². The van der Waals surface area contributed by atoms with Crippen LogP contribution in [-0.4, -0.2) is 44.2 Å². The van der Waals surface area contributed by atoms with Crippen molar-refractivity contribution < 1.29 is 23.8 Å². The van der Waals surface area contributed by atoms with Crippen molar-refractivity contribution >= 4 is 17.7 Å². The zero-order valence-electron chi connectivity index (χ0n) is 15.9. The number of rotatable bonds is 3. The van der Waals surface area contributed by atoms with Gasteiger partial charge in [-0.25, -0.2) is 9.59 Å². The molecule has 2 aliphatic heterocycles. The van der Waals surface area contributed by atoms with Crippen LogP contribution in [0.1, 0.15) is 28.8 Å². The highest BCUT2D eigenvalue weighted by Crippen LogP contribution is 2.44. The maximum Gasteiger partial charge on any atom is 0.339 e. The Morgan fingerprint density at radius 2 is 1.71 bits per heavy atom. The van der Waals surface area contributed by atoms with Crippen molar-refractivity contribution in [2.24, 2.45) is 0 Å². The van der Waals surface area contributed by atoms with Crippen molar-refractivity contribution in [1.82, 2.24) is 4.90 Å². The molecule has 0 unspecified atom stereocenters. The van der Waals surface area contributed by atoms with Gasteiger partial charge in [0.2, 0.25) is 0 Å². The van der Waals surface area contributed by atoms with Gasteiger partial charge in [0.15, 0.2) is 0 Å². The second kappa shape index (κ2) is 7.07. The Kier molecular flexibility index (Phi) is 4.58. The minimum Gasteiger partial charge on any atom is -0.497 e. The van der Waals surface area contributed by atoms with E-state index in [2.05, 4.69) is 5.32 Å². The molecule has 7 heteroatoms. The molecule has 28 heavy (non-hydrogen) atoms. The number of nitrogens with one attached hydrogen (secondary N) is 1. The third kappa shape index (κ3) is 3.13. The Bertz CT molecular complexity index is 897. The normalized spacial score (nSPS) is 17.1. The summed E-state index contributed by atoms with van der Waals surface area (Å²) >= 11 is 0. The Hall–Kier alpha value is -3.22. The molecule has 0 aromatic heterocycles. The summed E-state index contributed by atoms with van der Waals surface area (Å²) in [5.74, 6) is 0.917. The SMILES string of the molecule is COc1cc(NC(=O)N2CCC3(CC2)OC(=O)c2ccccc23)cc(OC)c1. The number of carbonyl (C=O) groups is 2. The van der Waals surface area contributed by atoms with Crippen LogP contribution in [0, 0.1) is 0 Å². The van der Waals surface area contributed by atoms with Crippen LogP contribution in [-0.2, 0) is 10.3 Å². The fourth-order valence-corrected chi connectivity index (χ4v) is 3.87. The highest BCUT2D eigenvalue weighted by molar-refractivity contribution is 5.95. The average molecular weight is 382 g/mol. The lowest BCUT2D eigenvalue weighted by Gasteiger charge is -2.38. The number of nitrogens with zero attached hydrogens (tertiary/aromatic N) is 1. The van der Waals surface area contributed by atoms with Crippen LogP contribution in [0.5, 0.6) is 11.5 Å². The second-order valence-corrected chi connectivity index (χ2v) is 6.95. The molecule has 1 fully saturated rings. The van der Waals surface area contributed by atoms with Gasteiger partial charge in [-0.05, 0) is 6.07 Å². The quantitative estimate of drug-likeness (QED) is 0.824. The first kappa shape index (κ1) is 18.2. The predicted octanol–water partition coefficient (Wildman–Crippen LogP) is 3.40. The highest BCUT2D eigenvalue weighted by atomic mass is 16.6. The molecule has 146 valence electrons. The van der Waals surface area contributed by atoms with Crippen LogP contribution in [0.3, 0.4) is 0 Å². The number of anilines is 1. The molecular weight excluding hydrogens is 360 g/mol. The molecule has 0 radical (unpaired) electrons. The Morgan fingerprint density at radius 3 is 2.36 bits per heavy atom. The zero-order valence-corrected chi connectivity index (χ0v) is 15.9. The lowest BCUT2D eigenvalue weighted by atomic mass is 9.84. The van der Waals surface area contributed by atoms with Gasteiger partial charge in [-0.3, -0.25) is 0 Å². The Balaban J connectivity index is 1.45. The molecule has 1 saturated heterocycles. The lowest BCUT2D eigenvalue weighted by molar-refractivity contribution is -0.0363. The summed E-state index contributed by atoms with van der Waals surface area (Å²) in [4.78, 5) is 26.6. The largest absolute Gasteiger partial charge is 0.497 e. The molecule has 2 aliphatic rings. The van der Waals surface area contributed by atoms with Crippen LogP contribution < -0.4 is 14.8 Å². The van der Waals surface area contributed by atoms with E-state index in [4.69, 9.17) is 14.2 Å². The first-order chi connectivity index (χ1) is 13.5. The molecule has 1 spiro atoms. The van der Waals surface area contributed by atoms with E-state index in [9.17, 15) is 9.59 Å². The van der Waals surface area contributed by atoms with Gasteiger partial charge in [0.25, 0.3) is 0 Å². The molecular formula is C21H22N2O5. The summed E-state index contributed by atoms with van der Waals surface area (Å²) in [5.41, 5.74) is 1.53. The smallest absolute Gasteiger partial charge is 0.339 e. The van der Waals surface area contributed by atoms with Gasteiger partial charge in [-0.2, -0.15) is 0 Å². The van der Waals surface area contributed by atoms with Crippen molar-refractivity contribution in [1.29, 1.82) is 0 Å². The van der Waals surface area contributed by atoms with E-state index in [1.54, 1.807) is 43.4 Å². The van der Waals surface area contributed by atoms with Crippen LogP contribution in [0.25, 0.3) is 0 Å². The summed E-state index contributed by atoms with van der Waals surface area (Å²) in [6.07, 6.45) is 1.15. The number of ether oxygens (including phenoxy) is 3. The van der Waals surface area contributed by atoms with Crippen molar-refractivity contribution in [3.05, 3.63) is 53.6 Å². The van der Waals surface area contributed by atoms with E-state index in [1.165, 1.54) is 0 Å². The van der Waals surface area contributed by atoms with Crippen molar-refractivity contribution in [2.45, 2.75) is 18.4 Å². The maximum atomic E-state index is 12.7. The molecule has 2 amide bonds. The molecule has 4 rings (SSSR count). The number of fused-ring (bicyclic) bond motifs is 2. The van der Waals surface area contributed by atoms with E-state index >= 15 is 0 Å². The molecule has 2 aromatic rings. The van der Waals surface area contributed by atoms with Gasteiger partial charge in [-0.15, -0.1) is 0 Å². The van der Waals surface area contributed by atoms with Crippen molar-refractivity contribution in [3.63, 3.8) is 0 Å². The van der Waals surface area contributed by atoms with E-state index in [0.29, 0.717) is 48.7 Å². The number of likely N-dealkylation sites (tertiary alicyclic amines) is 1. The third-order valence-corrected chi connectivity index (χ3v) is 5.39. The number of methoxy groups -OCH3 is 2. The van der Waals surface area contributed by atoms with Crippen LogP contribution in [0.2, 0.25) is 0 Å². The number of esters is 1. The van der Waals surface area contributed by atoms with Crippen LogP contribution >= 0.6 is 0 Å². The maximum absolute atomic E-state index is 12.7. The number of hydrogen-bond acceptors (Lipinski definition) is 5. The summed E-state index contributed by atoms with van der Waals surface area (Å²) in [7, 11) is 3.12.